The largest absolute Gasteiger partial charge is 0.480 e. The average molecular weight is 231 g/mol. The molecular formula is C9H17N3O4. The number of amides is 3. The molecule has 0 saturated heterocycles. The number of nitrogens with one attached hydrogen (secondary N) is 1. The Morgan fingerprint density at radius 1 is 1.31 bits per heavy atom. The van der Waals surface area contributed by atoms with E-state index in [1.807, 2.05) is 0 Å². The molecule has 0 radical (unpaired) electrons. The molecular weight excluding hydrogens is 214 g/mol. The molecule has 3 amide bonds. The van der Waals surface area contributed by atoms with Gasteiger partial charge in [-0.1, -0.05) is 0 Å². The Kier molecular flexibility index (Phi) is 5.91. The van der Waals surface area contributed by atoms with Crippen LogP contribution in [0.2, 0.25) is 0 Å². The first-order valence-corrected chi connectivity index (χ1v) is 4.98. The van der Waals surface area contributed by atoms with Crippen LogP contribution in [-0.2, 0) is 9.59 Å². The summed E-state index contributed by atoms with van der Waals surface area (Å²) in [6.45, 7) is 4.47. The minimum absolute atomic E-state index is 0.414. The van der Waals surface area contributed by atoms with E-state index >= 15 is 0 Å². The van der Waals surface area contributed by atoms with Gasteiger partial charge < -0.3 is 21.1 Å². The SMILES string of the molecule is CCN(CC)C(=O)N[C@H](CC(N)=O)C(=O)O. The molecule has 7 nitrogen and oxygen atoms in total. The molecule has 0 rings (SSSR count). The van der Waals surface area contributed by atoms with Crippen LogP contribution in [0, 0.1) is 0 Å². The molecule has 0 aliphatic carbocycles. The lowest BCUT2D eigenvalue weighted by Gasteiger charge is -2.21. The molecule has 0 bridgehead atoms. The Morgan fingerprint density at radius 2 is 1.81 bits per heavy atom. The Bertz CT molecular complexity index is 276. The number of hydrogen-bond acceptors (Lipinski definition) is 3. The third kappa shape index (κ3) is 4.63. The minimum atomic E-state index is -1.28. The molecule has 0 aromatic carbocycles. The molecule has 0 fully saturated rings. The molecule has 0 saturated carbocycles. The third-order valence-electron chi connectivity index (χ3n) is 2.05. The second-order valence-corrected chi connectivity index (χ2v) is 3.18. The number of carboxylic acid groups (broad SMARTS) is 1. The van der Waals surface area contributed by atoms with E-state index < -0.39 is 30.4 Å². The first kappa shape index (κ1) is 14.2. The number of urea groups is 1. The lowest BCUT2D eigenvalue weighted by atomic mass is 10.2. The molecule has 1 atom stereocenters. The Morgan fingerprint density at radius 3 is 2.12 bits per heavy atom. The highest BCUT2D eigenvalue weighted by molar-refractivity contribution is 5.87. The summed E-state index contributed by atoms with van der Waals surface area (Å²) in [5, 5.41) is 11.0. The summed E-state index contributed by atoms with van der Waals surface area (Å²) in [7, 11) is 0. The van der Waals surface area contributed by atoms with Crippen molar-refractivity contribution in [3.05, 3.63) is 0 Å². The monoisotopic (exact) mass is 231 g/mol. The maximum Gasteiger partial charge on any atom is 0.326 e. The van der Waals surface area contributed by atoms with E-state index in [0.29, 0.717) is 13.1 Å². The second-order valence-electron chi connectivity index (χ2n) is 3.18. The third-order valence-corrected chi connectivity index (χ3v) is 2.05. The van der Waals surface area contributed by atoms with Crippen molar-refractivity contribution in [3.8, 4) is 0 Å². The van der Waals surface area contributed by atoms with Crippen molar-refractivity contribution in [2.75, 3.05) is 13.1 Å². The molecule has 16 heavy (non-hydrogen) atoms. The van der Waals surface area contributed by atoms with Gasteiger partial charge in [-0.2, -0.15) is 0 Å². The van der Waals surface area contributed by atoms with Gasteiger partial charge in [0.2, 0.25) is 5.91 Å². The summed E-state index contributed by atoms with van der Waals surface area (Å²) in [5.41, 5.74) is 4.88. The molecule has 0 spiro atoms. The average Bonchev–Trinajstić information content (AvgIpc) is 2.17. The van der Waals surface area contributed by atoms with E-state index in [2.05, 4.69) is 5.32 Å². The predicted molar refractivity (Wildman–Crippen MR) is 56.7 cm³/mol. The zero-order valence-corrected chi connectivity index (χ0v) is 9.40. The molecule has 92 valence electrons. The summed E-state index contributed by atoms with van der Waals surface area (Å²) in [4.78, 5) is 34.2. The smallest absolute Gasteiger partial charge is 0.326 e. The van der Waals surface area contributed by atoms with Crippen molar-refractivity contribution in [2.24, 2.45) is 5.73 Å². The zero-order valence-electron chi connectivity index (χ0n) is 9.40. The fourth-order valence-corrected chi connectivity index (χ4v) is 1.15. The van der Waals surface area contributed by atoms with Crippen LogP contribution in [0.1, 0.15) is 20.3 Å². The van der Waals surface area contributed by atoms with Crippen LogP contribution in [0.4, 0.5) is 4.79 Å². The number of carbonyl (C=O) groups excluding carboxylic acids is 2. The Labute approximate surface area is 93.6 Å². The van der Waals surface area contributed by atoms with Crippen molar-refractivity contribution in [1.82, 2.24) is 10.2 Å². The quantitative estimate of drug-likeness (QED) is 0.564. The predicted octanol–water partition coefficient (Wildman–Crippen LogP) is -0.634. The van der Waals surface area contributed by atoms with Gasteiger partial charge >= 0.3 is 12.0 Å². The summed E-state index contributed by atoms with van der Waals surface area (Å²) >= 11 is 0. The number of rotatable bonds is 6. The lowest BCUT2D eigenvalue weighted by Crippen LogP contribution is -2.49. The van der Waals surface area contributed by atoms with Crippen LogP contribution >= 0.6 is 0 Å². The van der Waals surface area contributed by atoms with E-state index in [9.17, 15) is 14.4 Å². The lowest BCUT2D eigenvalue weighted by molar-refractivity contribution is -0.140. The first-order chi connectivity index (χ1) is 7.42. The minimum Gasteiger partial charge on any atom is -0.480 e. The fraction of sp³-hybridized carbons (Fsp3) is 0.667. The highest BCUT2D eigenvalue weighted by Gasteiger charge is 2.23. The van der Waals surface area contributed by atoms with Crippen molar-refractivity contribution in [1.29, 1.82) is 0 Å². The van der Waals surface area contributed by atoms with E-state index in [0.717, 1.165) is 0 Å². The fourth-order valence-electron chi connectivity index (χ4n) is 1.15. The Hall–Kier alpha value is -1.79. The van der Waals surface area contributed by atoms with Crippen molar-refractivity contribution in [3.63, 3.8) is 0 Å². The van der Waals surface area contributed by atoms with Gasteiger partial charge in [-0.25, -0.2) is 9.59 Å². The summed E-state index contributed by atoms with van der Waals surface area (Å²) in [5.74, 6) is -2.05. The molecule has 0 aliphatic rings. The number of hydrogen-bond donors (Lipinski definition) is 3. The maximum absolute atomic E-state index is 11.5. The van der Waals surface area contributed by atoms with Gasteiger partial charge in [-0.15, -0.1) is 0 Å². The van der Waals surface area contributed by atoms with Gasteiger partial charge in [-0.3, -0.25) is 4.79 Å². The number of carboxylic acids is 1. The van der Waals surface area contributed by atoms with Crippen LogP contribution in [0.15, 0.2) is 0 Å². The first-order valence-electron chi connectivity index (χ1n) is 4.98. The van der Waals surface area contributed by atoms with E-state index in [1.165, 1.54) is 4.90 Å². The summed E-state index contributed by atoms with van der Waals surface area (Å²) in [6.07, 6.45) is -0.414. The van der Waals surface area contributed by atoms with Gasteiger partial charge in [0.1, 0.15) is 6.04 Å². The summed E-state index contributed by atoms with van der Waals surface area (Å²) < 4.78 is 0. The number of carbonyl (C=O) groups is 3. The molecule has 0 aromatic rings. The molecule has 0 aromatic heterocycles. The van der Waals surface area contributed by atoms with Crippen LogP contribution in [0.5, 0.6) is 0 Å². The topological polar surface area (TPSA) is 113 Å². The van der Waals surface area contributed by atoms with Crippen molar-refractivity contribution in [2.45, 2.75) is 26.3 Å². The van der Waals surface area contributed by atoms with Crippen LogP contribution in [0.25, 0.3) is 0 Å². The molecule has 4 N–H and O–H groups in total. The highest BCUT2D eigenvalue weighted by Crippen LogP contribution is 1.95. The van der Waals surface area contributed by atoms with E-state index in [4.69, 9.17) is 10.8 Å². The van der Waals surface area contributed by atoms with Crippen molar-refractivity contribution < 1.29 is 19.5 Å². The summed E-state index contributed by atoms with van der Waals surface area (Å²) in [6, 6.07) is -1.79. The van der Waals surface area contributed by atoms with Crippen LogP contribution in [-0.4, -0.2) is 47.0 Å². The van der Waals surface area contributed by atoms with Crippen LogP contribution < -0.4 is 11.1 Å². The Balaban J connectivity index is 4.44. The molecule has 0 unspecified atom stereocenters. The number of aliphatic carboxylic acids is 1. The van der Waals surface area contributed by atoms with Crippen LogP contribution in [0.3, 0.4) is 0 Å². The van der Waals surface area contributed by atoms with Gasteiger partial charge in [0.25, 0.3) is 0 Å². The van der Waals surface area contributed by atoms with E-state index in [1.54, 1.807) is 13.8 Å². The zero-order chi connectivity index (χ0) is 12.7. The van der Waals surface area contributed by atoms with Gasteiger partial charge in [-0.05, 0) is 13.8 Å². The normalized spacial score (nSPS) is 11.6. The van der Waals surface area contributed by atoms with E-state index in [-0.39, 0.29) is 0 Å². The molecule has 0 aliphatic heterocycles. The van der Waals surface area contributed by atoms with Gasteiger partial charge in [0, 0.05) is 13.1 Å². The van der Waals surface area contributed by atoms with Gasteiger partial charge in [0.05, 0.1) is 6.42 Å². The highest BCUT2D eigenvalue weighted by atomic mass is 16.4. The molecule has 7 heteroatoms. The number of nitrogens with zero attached hydrogens (tertiary/aromatic N) is 1. The van der Waals surface area contributed by atoms with Gasteiger partial charge in [0.15, 0.2) is 0 Å². The standard InChI is InChI=1S/C9H17N3O4/c1-3-12(4-2)9(16)11-6(8(14)15)5-7(10)13/h6H,3-5H2,1-2H3,(H2,10,13)(H,11,16)(H,14,15)/t6-/m1/s1. The molecule has 0 heterocycles. The number of primary amides is 1. The maximum atomic E-state index is 11.5. The second kappa shape index (κ2) is 6.65. The van der Waals surface area contributed by atoms with Crippen molar-refractivity contribution >= 4 is 17.9 Å². The number of nitrogens with two attached hydrogens (primary N) is 1.